The van der Waals surface area contributed by atoms with Gasteiger partial charge in [-0.2, -0.15) is 0 Å². The van der Waals surface area contributed by atoms with Crippen LogP contribution in [0.5, 0.6) is 5.75 Å². The van der Waals surface area contributed by atoms with Gasteiger partial charge >= 0.3 is 0 Å². The topological polar surface area (TPSA) is 68.1 Å². The van der Waals surface area contributed by atoms with Crippen LogP contribution in [0.2, 0.25) is 0 Å². The highest BCUT2D eigenvalue weighted by Gasteiger charge is 2.34. The zero-order valence-corrected chi connectivity index (χ0v) is 16.9. The Labute approximate surface area is 161 Å². The van der Waals surface area contributed by atoms with E-state index >= 15 is 0 Å². The molecular formula is C22H29NO4. The molecule has 27 heavy (non-hydrogen) atoms. The zero-order valence-electron chi connectivity index (χ0n) is 16.9. The Morgan fingerprint density at radius 1 is 1.19 bits per heavy atom. The first kappa shape index (κ1) is 19.5. The summed E-state index contributed by atoms with van der Waals surface area (Å²) < 4.78 is 5.88. The van der Waals surface area contributed by atoms with Crippen LogP contribution in [-0.4, -0.2) is 29.8 Å². The number of Topliss-reactive ketones (excluding diaryl/α,β-unsaturated/α-hetero) is 1. The molecule has 0 aromatic heterocycles. The number of nitrogens with zero attached hydrogens (tertiary/aromatic N) is 1. The second-order valence-electron chi connectivity index (χ2n) is 7.35. The number of allylic oxidation sites excluding steroid dienone is 2. The molecule has 1 unspecified atom stereocenters. The van der Waals surface area contributed by atoms with Gasteiger partial charge in [-0.05, 0) is 62.3 Å². The van der Waals surface area contributed by atoms with Gasteiger partial charge in [-0.1, -0.05) is 12.1 Å². The lowest BCUT2D eigenvalue weighted by atomic mass is 9.76. The SMILES string of the molecule is CCON=C(CC)C1=C(O)CC(c2c(C)c(C)c3c(c2C)OCC3)CC1=O. The first-order valence-electron chi connectivity index (χ1n) is 9.80. The summed E-state index contributed by atoms with van der Waals surface area (Å²) in [4.78, 5) is 18.0. The number of ketones is 1. The smallest absolute Gasteiger partial charge is 0.168 e. The molecule has 0 radical (unpaired) electrons. The van der Waals surface area contributed by atoms with Crippen LogP contribution in [0.1, 0.15) is 66.8 Å². The maximum Gasteiger partial charge on any atom is 0.168 e. The molecule has 1 N–H and O–H groups in total. The Hall–Kier alpha value is -2.30. The van der Waals surface area contributed by atoms with Crippen molar-refractivity contribution in [1.29, 1.82) is 0 Å². The van der Waals surface area contributed by atoms with Crippen molar-refractivity contribution in [2.24, 2.45) is 5.16 Å². The predicted octanol–water partition coefficient (Wildman–Crippen LogP) is 4.61. The molecule has 2 aliphatic rings. The van der Waals surface area contributed by atoms with Crippen molar-refractivity contribution in [2.75, 3.05) is 13.2 Å². The van der Waals surface area contributed by atoms with E-state index in [1.54, 1.807) is 0 Å². The van der Waals surface area contributed by atoms with Gasteiger partial charge in [0.1, 0.15) is 18.1 Å². The van der Waals surface area contributed by atoms with Gasteiger partial charge in [-0.15, -0.1) is 0 Å². The van der Waals surface area contributed by atoms with Gasteiger partial charge in [0, 0.05) is 24.8 Å². The molecule has 0 spiro atoms. The van der Waals surface area contributed by atoms with E-state index in [1.807, 2.05) is 13.8 Å². The summed E-state index contributed by atoms with van der Waals surface area (Å²) in [5.74, 6) is 0.984. The third-order valence-electron chi connectivity index (χ3n) is 5.81. The Balaban J connectivity index is 2.01. The molecule has 0 amide bonds. The quantitative estimate of drug-likeness (QED) is 0.606. The van der Waals surface area contributed by atoms with Crippen LogP contribution in [0, 0.1) is 20.8 Å². The first-order chi connectivity index (χ1) is 12.9. The second-order valence-corrected chi connectivity index (χ2v) is 7.35. The van der Waals surface area contributed by atoms with Gasteiger partial charge < -0.3 is 14.7 Å². The van der Waals surface area contributed by atoms with E-state index in [0.717, 1.165) is 23.3 Å². The Morgan fingerprint density at radius 3 is 2.56 bits per heavy atom. The molecule has 146 valence electrons. The van der Waals surface area contributed by atoms with E-state index in [-0.39, 0.29) is 17.5 Å². The number of aliphatic hydroxyl groups excluding tert-OH is 1. The summed E-state index contributed by atoms with van der Waals surface area (Å²) in [6, 6.07) is 0. The Morgan fingerprint density at radius 2 is 1.93 bits per heavy atom. The van der Waals surface area contributed by atoms with E-state index in [0.29, 0.717) is 43.8 Å². The number of aliphatic hydroxyl groups is 1. The van der Waals surface area contributed by atoms with Crippen LogP contribution >= 0.6 is 0 Å². The standard InChI is InChI=1S/C22H29NO4/c1-6-17(23-27-7-2)21-18(24)10-15(11-19(21)25)20-13(4)12(3)16-8-9-26-22(16)14(20)5/h15,24H,6-11H2,1-5H3. The lowest BCUT2D eigenvalue weighted by molar-refractivity contribution is -0.116. The molecule has 1 heterocycles. The minimum absolute atomic E-state index is 0.0420. The van der Waals surface area contributed by atoms with Gasteiger partial charge in [-0.25, -0.2) is 0 Å². The second kappa shape index (κ2) is 7.75. The van der Waals surface area contributed by atoms with Crippen molar-refractivity contribution in [3.63, 3.8) is 0 Å². The number of benzene rings is 1. The van der Waals surface area contributed by atoms with E-state index in [1.165, 1.54) is 16.7 Å². The molecule has 1 aliphatic carbocycles. The van der Waals surface area contributed by atoms with Crippen LogP contribution in [0.3, 0.4) is 0 Å². The minimum atomic E-state index is -0.0677. The van der Waals surface area contributed by atoms with E-state index in [2.05, 4.69) is 25.9 Å². The van der Waals surface area contributed by atoms with Crippen LogP contribution in [0.15, 0.2) is 16.5 Å². The van der Waals surface area contributed by atoms with Gasteiger partial charge in [0.15, 0.2) is 5.78 Å². The summed E-state index contributed by atoms with van der Waals surface area (Å²) in [6.45, 7) is 11.2. The van der Waals surface area contributed by atoms with E-state index < -0.39 is 0 Å². The fourth-order valence-corrected chi connectivity index (χ4v) is 4.45. The monoisotopic (exact) mass is 371 g/mol. The zero-order chi connectivity index (χ0) is 19.7. The van der Waals surface area contributed by atoms with Crippen molar-refractivity contribution in [3.8, 4) is 5.75 Å². The number of fused-ring (bicyclic) bond motifs is 1. The molecule has 0 saturated heterocycles. The molecule has 1 atom stereocenters. The minimum Gasteiger partial charge on any atom is -0.511 e. The molecule has 3 rings (SSSR count). The van der Waals surface area contributed by atoms with Gasteiger partial charge in [0.2, 0.25) is 0 Å². The van der Waals surface area contributed by atoms with Gasteiger partial charge in [-0.3, -0.25) is 4.79 Å². The number of carbonyl (C=O) groups is 1. The number of carbonyl (C=O) groups excluding carboxylic acids is 1. The molecule has 1 aromatic rings. The molecule has 5 nitrogen and oxygen atoms in total. The van der Waals surface area contributed by atoms with E-state index in [4.69, 9.17) is 9.57 Å². The lowest BCUT2D eigenvalue weighted by Crippen LogP contribution is -2.24. The third-order valence-corrected chi connectivity index (χ3v) is 5.81. The summed E-state index contributed by atoms with van der Waals surface area (Å²) in [6.07, 6.45) is 2.28. The molecule has 0 fully saturated rings. The highest BCUT2D eigenvalue weighted by atomic mass is 16.6. The van der Waals surface area contributed by atoms with Crippen LogP contribution in [0.25, 0.3) is 0 Å². The summed E-state index contributed by atoms with van der Waals surface area (Å²) in [5.41, 5.74) is 6.87. The van der Waals surface area contributed by atoms with Crippen LogP contribution < -0.4 is 4.74 Å². The van der Waals surface area contributed by atoms with Crippen LogP contribution in [-0.2, 0) is 16.1 Å². The predicted molar refractivity (Wildman–Crippen MR) is 106 cm³/mol. The number of oxime groups is 1. The van der Waals surface area contributed by atoms with Crippen molar-refractivity contribution in [3.05, 3.63) is 39.1 Å². The number of ether oxygens (including phenoxy) is 1. The van der Waals surface area contributed by atoms with Crippen molar-refractivity contribution >= 4 is 11.5 Å². The average molecular weight is 371 g/mol. The van der Waals surface area contributed by atoms with Gasteiger partial charge in [0.25, 0.3) is 0 Å². The molecule has 5 heteroatoms. The fourth-order valence-electron chi connectivity index (χ4n) is 4.45. The third kappa shape index (κ3) is 3.35. The summed E-state index contributed by atoms with van der Waals surface area (Å²) in [5, 5.41) is 14.7. The lowest BCUT2D eigenvalue weighted by Gasteiger charge is -2.28. The Kier molecular flexibility index (Phi) is 5.59. The number of rotatable bonds is 5. The normalized spacial score (nSPS) is 20.0. The van der Waals surface area contributed by atoms with Gasteiger partial charge in [0.05, 0.1) is 17.9 Å². The molecular weight excluding hydrogens is 342 g/mol. The number of hydrogen-bond donors (Lipinski definition) is 1. The summed E-state index contributed by atoms with van der Waals surface area (Å²) >= 11 is 0. The van der Waals surface area contributed by atoms with Crippen molar-refractivity contribution in [2.45, 2.75) is 66.2 Å². The van der Waals surface area contributed by atoms with Crippen molar-refractivity contribution < 1.29 is 19.5 Å². The van der Waals surface area contributed by atoms with E-state index in [9.17, 15) is 9.90 Å². The fraction of sp³-hybridized carbons (Fsp3) is 0.545. The number of hydrogen-bond acceptors (Lipinski definition) is 5. The first-order valence-corrected chi connectivity index (χ1v) is 9.80. The van der Waals surface area contributed by atoms with Crippen LogP contribution in [0.4, 0.5) is 0 Å². The maximum absolute atomic E-state index is 12.9. The molecule has 1 aliphatic heterocycles. The maximum atomic E-state index is 12.9. The highest BCUT2D eigenvalue weighted by Crippen LogP contribution is 2.44. The Bertz CT molecular complexity index is 835. The summed E-state index contributed by atoms with van der Waals surface area (Å²) in [7, 11) is 0. The largest absolute Gasteiger partial charge is 0.511 e. The average Bonchev–Trinajstić information content (AvgIpc) is 3.12. The van der Waals surface area contributed by atoms with Crippen molar-refractivity contribution in [1.82, 2.24) is 0 Å². The molecule has 0 bridgehead atoms. The molecule has 0 saturated carbocycles. The highest BCUT2D eigenvalue weighted by molar-refractivity contribution is 6.23. The molecule has 1 aromatic carbocycles.